The lowest BCUT2D eigenvalue weighted by Gasteiger charge is -2.47. The third-order valence-corrected chi connectivity index (χ3v) is 6.88. The van der Waals surface area contributed by atoms with Crippen LogP contribution in [-0.4, -0.2) is 65.7 Å². The smallest absolute Gasteiger partial charge is 0.241 e. The van der Waals surface area contributed by atoms with Gasteiger partial charge in [-0.25, -0.2) is 0 Å². The van der Waals surface area contributed by atoms with Gasteiger partial charge in [0.05, 0.1) is 23.4 Å². The Morgan fingerprint density at radius 3 is 2.58 bits per heavy atom. The zero-order valence-corrected chi connectivity index (χ0v) is 21.4. The van der Waals surface area contributed by atoms with Crippen molar-refractivity contribution in [2.45, 2.75) is 71.6 Å². The molecule has 4 N–H and O–H groups in total. The number of hydrogen-bond acceptors (Lipinski definition) is 5. The van der Waals surface area contributed by atoms with Crippen LogP contribution in [0.5, 0.6) is 0 Å². The molecule has 33 heavy (non-hydrogen) atoms. The molecular weight excluding hydrogens is 440 g/mol. The predicted octanol–water partition coefficient (Wildman–Crippen LogP) is 3.03. The van der Waals surface area contributed by atoms with Gasteiger partial charge >= 0.3 is 0 Å². The quantitative estimate of drug-likeness (QED) is 0.423. The molecule has 1 aromatic rings. The molecule has 1 heterocycles. The molecule has 0 saturated carbocycles. The fraction of sp³-hybridized carbons (Fsp3) is 0.680. The third-order valence-electron chi connectivity index (χ3n) is 6.56. The number of amides is 2. The van der Waals surface area contributed by atoms with E-state index in [1.165, 1.54) is 0 Å². The van der Waals surface area contributed by atoms with Gasteiger partial charge in [0.25, 0.3) is 0 Å². The van der Waals surface area contributed by atoms with Gasteiger partial charge in [-0.3, -0.25) is 14.5 Å². The average Bonchev–Trinajstić information content (AvgIpc) is 2.74. The summed E-state index contributed by atoms with van der Waals surface area (Å²) in [6.07, 6.45) is 1.40. The lowest BCUT2D eigenvalue weighted by atomic mass is 9.87. The van der Waals surface area contributed by atoms with Gasteiger partial charge in [-0.1, -0.05) is 50.9 Å². The molecule has 2 rings (SSSR count). The summed E-state index contributed by atoms with van der Waals surface area (Å²) in [7, 11) is 0. The van der Waals surface area contributed by atoms with Gasteiger partial charge < -0.3 is 21.1 Å². The number of carbonyl (C=O) groups excluding carboxylic acids is 2. The van der Waals surface area contributed by atoms with Gasteiger partial charge in [0, 0.05) is 37.1 Å². The highest BCUT2D eigenvalue weighted by Gasteiger charge is 2.40. The molecule has 0 radical (unpaired) electrons. The molecule has 0 aromatic heterocycles. The number of aliphatic hydroxyl groups excluding tert-OH is 1. The fourth-order valence-electron chi connectivity index (χ4n) is 4.25. The van der Waals surface area contributed by atoms with E-state index in [0.29, 0.717) is 36.8 Å². The summed E-state index contributed by atoms with van der Waals surface area (Å²) in [5.74, 6) is -0.312. The zero-order valence-electron chi connectivity index (χ0n) is 20.7. The van der Waals surface area contributed by atoms with Crippen LogP contribution >= 0.6 is 11.6 Å². The van der Waals surface area contributed by atoms with E-state index in [0.717, 1.165) is 12.8 Å². The maximum Gasteiger partial charge on any atom is 0.241 e. The van der Waals surface area contributed by atoms with Gasteiger partial charge in [-0.05, 0) is 44.7 Å². The van der Waals surface area contributed by atoms with Crippen LogP contribution in [-0.2, 0) is 9.59 Å². The molecule has 0 bridgehead atoms. The summed E-state index contributed by atoms with van der Waals surface area (Å²) in [6, 6.07) is 6.75. The number of unbranched alkanes of at least 4 members (excludes halogenated alkanes) is 1. The SMILES string of the molecule is CCCCNC(=O)[C@@H](C[C@H](O)[C@@H](N)CN1CC(=O)N(c2ccccc2Cl)CC1(C)C)C(C)C. The van der Waals surface area contributed by atoms with E-state index in [4.69, 9.17) is 17.3 Å². The van der Waals surface area contributed by atoms with Crippen LogP contribution < -0.4 is 16.0 Å². The zero-order chi connectivity index (χ0) is 24.8. The highest BCUT2D eigenvalue weighted by Crippen LogP contribution is 2.31. The Balaban J connectivity index is 2.02. The van der Waals surface area contributed by atoms with Crippen LogP contribution in [0.2, 0.25) is 5.02 Å². The topological polar surface area (TPSA) is 98.9 Å². The number of hydrogen-bond donors (Lipinski definition) is 3. The van der Waals surface area contributed by atoms with Crippen LogP contribution in [0.3, 0.4) is 0 Å². The second-order valence-electron chi connectivity index (χ2n) is 10.1. The Bertz CT molecular complexity index is 802. The second kappa shape index (κ2) is 12.2. The maximum absolute atomic E-state index is 12.9. The van der Waals surface area contributed by atoms with Crippen molar-refractivity contribution in [2.75, 3.05) is 31.1 Å². The Labute approximate surface area is 203 Å². The Kier molecular flexibility index (Phi) is 10.2. The lowest BCUT2D eigenvalue weighted by Crippen LogP contribution is -2.64. The highest BCUT2D eigenvalue weighted by atomic mass is 35.5. The summed E-state index contributed by atoms with van der Waals surface area (Å²) in [4.78, 5) is 29.3. The Morgan fingerprint density at radius 1 is 1.30 bits per heavy atom. The number of carbonyl (C=O) groups is 2. The molecule has 2 amide bonds. The fourth-order valence-corrected chi connectivity index (χ4v) is 4.49. The normalized spacial score (nSPS) is 19.4. The molecule has 1 aliphatic heterocycles. The van der Waals surface area contributed by atoms with E-state index < -0.39 is 12.1 Å². The minimum atomic E-state index is -0.846. The van der Waals surface area contributed by atoms with Gasteiger partial charge in [-0.15, -0.1) is 0 Å². The van der Waals surface area contributed by atoms with Gasteiger partial charge in [-0.2, -0.15) is 0 Å². The number of nitrogens with one attached hydrogen (secondary N) is 1. The van der Waals surface area contributed by atoms with Crippen LogP contribution in [0.1, 0.15) is 53.9 Å². The molecule has 0 unspecified atom stereocenters. The molecule has 1 saturated heterocycles. The van der Waals surface area contributed by atoms with E-state index in [1.807, 2.05) is 36.9 Å². The molecule has 1 aliphatic rings. The van der Waals surface area contributed by atoms with E-state index in [-0.39, 0.29) is 35.7 Å². The van der Waals surface area contributed by atoms with E-state index in [1.54, 1.807) is 11.0 Å². The molecular formula is C25H41ClN4O3. The second-order valence-corrected chi connectivity index (χ2v) is 10.5. The molecule has 3 atom stereocenters. The first-order valence-electron chi connectivity index (χ1n) is 12.0. The number of nitrogens with two attached hydrogens (primary N) is 1. The first-order valence-corrected chi connectivity index (χ1v) is 12.4. The van der Waals surface area contributed by atoms with Crippen molar-refractivity contribution < 1.29 is 14.7 Å². The molecule has 8 heteroatoms. The molecule has 1 fully saturated rings. The van der Waals surface area contributed by atoms with Crippen LogP contribution in [0.4, 0.5) is 5.69 Å². The molecule has 186 valence electrons. The van der Waals surface area contributed by atoms with Crippen molar-refractivity contribution in [3.8, 4) is 0 Å². The number of para-hydroxylation sites is 1. The van der Waals surface area contributed by atoms with E-state index in [9.17, 15) is 14.7 Å². The third kappa shape index (κ3) is 7.41. The Hall–Kier alpha value is -1.67. The summed E-state index contributed by atoms with van der Waals surface area (Å²) in [5, 5.41) is 14.4. The standard InChI is InChI=1S/C25H41ClN4O3/c1-6-7-12-28-24(33)18(17(2)3)13-22(31)20(27)14-29-15-23(32)30(16-25(29,4)5)21-11-9-8-10-19(21)26/h8-11,17-18,20,22,31H,6-7,12-16,27H2,1-5H3,(H,28,33)/t18-,20-,22-/m0/s1. The predicted molar refractivity (Wildman–Crippen MR) is 134 cm³/mol. The van der Waals surface area contributed by atoms with Crippen LogP contribution in [0, 0.1) is 11.8 Å². The summed E-state index contributed by atoms with van der Waals surface area (Å²) < 4.78 is 0. The van der Waals surface area contributed by atoms with Crippen molar-refractivity contribution in [3.63, 3.8) is 0 Å². The van der Waals surface area contributed by atoms with Crippen molar-refractivity contribution in [2.24, 2.45) is 17.6 Å². The number of aliphatic hydroxyl groups is 1. The number of anilines is 1. The first kappa shape index (κ1) is 27.6. The van der Waals surface area contributed by atoms with Gasteiger partial charge in [0.2, 0.25) is 11.8 Å². The summed E-state index contributed by atoms with van der Waals surface area (Å²) in [6.45, 7) is 11.8. The molecule has 0 aliphatic carbocycles. The minimum absolute atomic E-state index is 0.0337. The molecule has 0 spiro atoms. The highest BCUT2D eigenvalue weighted by molar-refractivity contribution is 6.33. The average molecular weight is 481 g/mol. The van der Waals surface area contributed by atoms with Crippen LogP contribution in [0.15, 0.2) is 24.3 Å². The monoisotopic (exact) mass is 480 g/mol. The number of nitrogens with zero attached hydrogens (tertiary/aromatic N) is 2. The van der Waals surface area contributed by atoms with Gasteiger partial charge in [0.1, 0.15) is 0 Å². The van der Waals surface area contributed by atoms with Crippen molar-refractivity contribution in [1.82, 2.24) is 10.2 Å². The number of benzene rings is 1. The van der Waals surface area contributed by atoms with Gasteiger partial charge in [0.15, 0.2) is 0 Å². The number of halogens is 1. The summed E-state index contributed by atoms with van der Waals surface area (Å²) in [5.41, 5.74) is 6.73. The minimum Gasteiger partial charge on any atom is -0.391 e. The molecule has 1 aromatic carbocycles. The van der Waals surface area contributed by atoms with E-state index >= 15 is 0 Å². The maximum atomic E-state index is 12.9. The summed E-state index contributed by atoms with van der Waals surface area (Å²) >= 11 is 6.32. The lowest BCUT2D eigenvalue weighted by molar-refractivity contribution is -0.127. The number of piperazine rings is 1. The van der Waals surface area contributed by atoms with Crippen LogP contribution in [0.25, 0.3) is 0 Å². The first-order chi connectivity index (χ1) is 15.5. The molecule has 7 nitrogen and oxygen atoms in total. The largest absolute Gasteiger partial charge is 0.391 e. The Morgan fingerprint density at radius 2 is 1.97 bits per heavy atom. The van der Waals surface area contributed by atoms with Crippen molar-refractivity contribution in [1.29, 1.82) is 0 Å². The van der Waals surface area contributed by atoms with Crippen molar-refractivity contribution >= 4 is 29.1 Å². The number of rotatable bonds is 11. The van der Waals surface area contributed by atoms with Crippen molar-refractivity contribution in [3.05, 3.63) is 29.3 Å². The van der Waals surface area contributed by atoms with E-state index in [2.05, 4.69) is 26.1 Å².